The first kappa shape index (κ1) is 13.3. The molecule has 0 saturated heterocycles. The fourth-order valence-corrected chi connectivity index (χ4v) is 1.82. The standard InChI is InChI=1S/C10H17N5.HI/c1-12-10(11)13-6-8-7-15-5-3-2-4-9(15)14-8;/h7H,2-6H2,1H3,(H3,11,12,13);1H. The maximum absolute atomic E-state index is 5.55. The van der Waals surface area contributed by atoms with Gasteiger partial charge in [-0.05, 0) is 12.8 Å². The topological polar surface area (TPSA) is 68.2 Å². The van der Waals surface area contributed by atoms with Crippen LogP contribution >= 0.6 is 24.0 Å². The van der Waals surface area contributed by atoms with E-state index in [1.165, 1.54) is 18.7 Å². The molecular formula is C10H18IN5. The predicted octanol–water partition coefficient (Wildman–Crippen LogP) is 0.871. The van der Waals surface area contributed by atoms with Crippen LogP contribution in [0.4, 0.5) is 0 Å². The molecule has 0 bridgehead atoms. The van der Waals surface area contributed by atoms with Crippen molar-refractivity contribution in [2.75, 3.05) is 7.05 Å². The molecule has 3 N–H and O–H groups in total. The highest BCUT2D eigenvalue weighted by Gasteiger charge is 2.11. The van der Waals surface area contributed by atoms with Crippen LogP contribution in [0.25, 0.3) is 0 Å². The Balaban J connectivity index is 0.00000128. The Morgan fingerprint density at radius 2 is 2.44 bits per heavy atom. The average Bonchev–Trinajstić information content (AvgIpc) is 2.68. The summed E-state index contributed by atoms with van der Waals surface area (Å²) in [4.78, 5) is 8.38. The molecule has 90 valence electrons. The Bertz CT molecular complexity index is 348. The van der Waals surface area contributed by atoms with Gasteiger partial charge in [0.1, 0.15) is 5.82 Å². The molecule has 1 aromatic rings. The van der Waals surface area contributed by atoms with Crippen molar-refractivity contribution >= 4 is 29.9 Å². The van der Waals surface area contributed by atoms with Gasteiger partial charge in [0.05, 0.1) is 12.2 Å². The van der Waals surface area contributed by atoms with E-state index in [1.54, 1.807) is 7.05 Å². The summed E-state index contributed by atoms with van der Waals surface area (Å²) in [5.41, 5.74) is 6.59. The van der Waals surface area contributed by atoms with E-state index in [2.05, 4.69) is 26.1 Å². The molecule has 1 aromatic heterocycles. The number of guanidine groups is 1. The first-order valence-corrected chi connectivity index (χ1v) is 5.30. The first-order valence-electron chi connectivity index (χ1n) is 5.30. The van der Waals surface area contributed by atoms with Crippen molar-refractivity contribution < 1.29 is 0 Å². The third kappa shape index (κ3) is 3.10. The van der Waals surface area contributed by atoms with Gasteiger partial charge in [0.25, 0.3) is 0 Å². The summed E-state index contributed by atoms with van der Waals surface area (Å²) in [6, 6.07) is 0. The minimum absolute atomic E-state index is 0. The number of aryl methyl sites for hydroxylation is 2. The quantitative estimate of drug-likeness (QED) is 0.479. The minimum atomic E-state index is 0. The minimum Gasteiger partial charge on any atom is -0.370 e. The molecule has 16 heavy (non-hydrogen) atoms. The summed E-state index contributed by atoms with van der Waals surface area (Å²) in [5.74, 6) is 1.66. The molecule has 0 atom stereocenters. The van der Waals surface area contributed by atoms with Gasteiger partial charge in [0.2, 0.25) is 0 Å². The van der Waals surface area contributed by atoms with E-state index >= 15 is 0 Å². The fourth-order valence-electron chi connectivity index (χ4n) is 1.82. The van der Waals surface area contributed by atoms with E-state index in [0.717, 1.165) is 18.7 Å². The second kappa shape index (κ2) is 6.07. The van der Waals surface area contributed by atoms with Gasteiger partial charge in [0, 0.05) is 26.2 Å². The Kier molecular flexibility index (Phi) is 5.04. The summed E-state index contributed by atoms with van der Waals surface area (Å²) >= 11 is 0. The third-order valence-corrected chi connectivity index (χ3v) is 2.65. The van der Waals surface area contributed by atoms with Crippen molar-refractivity contribution in [3.8, 4) is 0 Å². The van der Waals surface area contributed by atoms with Gasteiger partial charge in [-0.25, -0.2) is 4.98 Å². The van der Waals surface area contributed by atoms with Crippen molar-refractivity contribution in [3.63, 3.8) is 0 Å². The van der Waals surface area contributed by atoms with Gasteiger partial charge in [-0.3, -0.25) is 4.99 Å². The summed E-state index contributed by atoms with van der Waals surface area (Å²) in [6.45, 7) is 1.75. The van der Waals surface area contributed by atoms with Gasteiger partial charge in [-0.15, -0.1) is 24.0 Å². The van der Waals surface area contributed by atoms with Crippen molar-refractivity contribution in [1.82, 2.24) is 14.9 Å². The molecule has 2 rings (SSSR count). The number of halogens is 1. The predicted molar refractivity (Wildman–Crippen MR) is 75.0 cm³/mol. The number of aliphatic imine (C=N–C) groups is 1. The van der Waals surface area contributed by atoms with Crippen LogP contribution in [0.2, 0.25) is 0 Å². The van der Waals surface area contributed by atoms with Crippen LogP contribution in [0.5, 0.6) is 0 Å². The number of nitrogens with zero attached hydrogens (tertiary/aromatic N) is 3. The molecule has 1 aliphatic heterocycles. The van der Waals surface area contributed by atoms with E-state index in [-0.39, 0.29) is 24.0 Å². The van der Waals surface area contributed by atoms with E-state index in [4.69, 9.17) is 5.73 Å². The molecular weight excluding hydrogens is 317 g/mol. The lowest BCUT2D eigenvalue weighted by Crippen LogP contribution is -2.30. The maximum Gasteiger partial charge on any atom is 0.188 e. The van der Waals surface area contributed by atoms with E-state index in [9.17, 15) is 0 Å². The number of aromatic nitrogens is 2. The largest absolute Gasteiger partial charge is 0.370 e. The molecule has 0 aromatic carbocycles. The van der Waals surface area contributed by atoms with Gasteiger partial charge in [-0.1, -0.05) is 0 Å². The molecule has 1 aliphatic rings. The van der Waals surface area contributed by atoms with E-state index < -0.39 is 0 Å². The van der Waals surface area contributed by atoms with Crippen LogP contribution < -0.4 is 11.1 Å². The summed E-state index contributed by atoms with van der Waals surface area (Å²) in [7, 11) is 1.67. The van der Waals surface area contributed by atoms with Crippen molar-refractivity contribution in [1.29, 1.82) is 0 Å². The van der Waals surface area contributed by atoms with Gasteiger partial charge < -0.3 is 15.6 Å². The summed E-state index contributed by atoms with van der Waals surface area (Å²) in [6.07, 6.45) is 5.71. The molecule has 0 saturated carbocycles. The molecule has 0 aliphatic carbocycles. The summed E-state index contributed by atoms with van der Waals surface area (Å²) < 4.78 is 2.24. The number of hydrogen-bond acceptors (Lipinski definition) is 2. The zero-order valence-electron chi connectivity index (χ0n) is 9.44. The monoisotopic (exact) mass is 335 g/mol. The number of nitrogens with two attached hydrogens (primary N) is 1. The highest BCUT2D eigenvalue weighted by molar-refractivity contribution is 14.0. The van der Waals surface area contributed by atoms with Crippen LogP contribution in [0.3, 0.4) is 0 Å². The smallest absolute Gasteiger partial charge is 0.188 e. The van der Waals surface area contributed by atoms with Crippen molar-refractivity contribution in [2.24, 2.45) is 10.7 Å². The molecule has 0 fully saturated rings. The first-order chi connectivity index (χ1) is 7.29. The Hall–Kier alpha value is -0.790. The highest BCUT2D eigenvalue weighted by Crippen LogP contribution is 2.14. The van der Waals surface area contributed by atoms with Gasteiger partial charge in [0.15, 0.2) is 5.96 Å². The average molecular weight is 335 g/mol. The van der Waals surface area contributed by atoms with Crippen LogP contribution in [0.15, 0.2) is 11.2 Å². The molecule has 0 radical (unpaired) electrons. The maximum atomic E-state index is 5.55. The van der Waals surface area contributed by atoms with Gasteiger partial charge >= 0.3 is 0 Å². The van der Waals surface area contributed by atoms with Crippen LogP contribution in [0, 0.1) is 0 Å². The Morgan fingerprint density at radius 3 is 3.12 bits per heavy atom. The molecule has 5 nitrogen and oxygen atoms in total. The lowest BCUT2D eigenvalue weighted by atomic mass is 10.2. The third-order valence-electron chi connectivity index (χ3n) is 2.65. The lowest BCUT2D eigenvalue weighted by molar-refractivity contribution is 0.522. The zero-order chi connectivity index (χ0) is 10.7. The molecule has 0 unspecified atom stereocenters. The SMILES string of the molecule is CN=C(N)NCc1cn2c(n1)CCCC2.I. The number of nitrogens with one attached hydrogen (secondary N) is 1. The van der Waals surface area contributed by atoms with Crippen molar-refractivity contribution in [2.45, 2.75) is 32.4 Å². The number of fused-ring (bicyclic) bond motifs is 1. The number of rotatable bonds is 2. The molecule has 0 amide bonds. The molecule has 6 heteroatoms. The van der Waals surface area contributed by atoms with Crippen LogP contribution in [-0.4, -0.2) is 22.6 Å². The van der Waals surface area contributed by atoms with Crippen LogP contribution in [-0.2, 0) is 19.5 Å². The number of imidazole rings is 1. The van der Waals surface area contributed by atoms with E-state index in [0.29, 0.717) is 12.5 Å². The highest BCUT2D eigenvalue weighted by atomic mass is 127. The molecule has 0 spiro atoms. The molecule has 2 heterocycles. The lowest BCUT2D eigenvalue weighted by Gasteiger charge is -2.11. The second-order valence-corrected chi connectivity index (χ2v) is 3.76. The Labute approximate surface area is 113 Å². The zero-order valence-corrected chi connectivity index (χ0v) is 11.8. The van der Waals surface area contributed by atoms with E-state index in [1.807, 2.05) is 0 Å². The van der Waals surface area contributed by atoms with Crippen molar-refractivity contribution in [3.05, 3.63) is 17.7 Å². The second-order valence-electron chi connectivity index (χ2n) is 3.76. The fraction of sp³-hybridized carbons (Fsp3) is 0.600. The summed E-state index contributed by atoms with van der Waals surface area (Å²) in [5, 5.41) is 3.01. The normalized spacial score (nSPS) is 15.2. The van der Waals surface area contributed by atoms with Gasteiger partial charge in [-0.2, -0.15) is 0 Å². The Morgan fingerprint density at radius 1 is 1.62 bits per heavy atom. The number of hydrogen-bond donors (Lipinski definition) is 2. The van der Waals surface area contributed by atoms with Crippen LogP contribution in [0.1, 0.15) is 24.4 Å².